The van der Waals surface area contributed by atoms with Gasteiger partial charge < -0.3 is 5.73 Å². The molecule has 82 valence electrons. The molecule has 0 amide bonds. The van der Waals surface area contributed by atoms with Gasteiger partial charge in [-0.2, -0.15) is 0 Å². The molecule has 2 rings (SSSR count). The molecule has 2 N–H and O–H groups in total. The molecule has 1 aromatic rings. The van der Waals surface area contributed by atoms with Gasteiger partial charge in [-0.25, -0.2) is 4.39 Å². The zero-order chi connectivity index (χ0) is 11.2. The molecule has 2 atom stereocenters. The Morgan fingerprint density at radius 2 is 2.13 bits per heavy atom. The number of hydrogen-bond acceptors (Lipinski definition) is 1. The molecule has 0 spiro atoms. The van der Waals surface area contributed by atoms with Gasteiger partial charge >= 0.3 is 0 Å². The fourth-order valence-corrected chi connectivity index (χ4v) is 2.74. The Morgan fingerprint density at radius 3 is 2.60 bits per heavy atom. The van der Waals surface area contributed by atoms with E-state index >= 15 is 0 Å². The van der Waals surface area contributed by atoms with E-state index in [1.807, 2.05) is 6.07 Å². The molecular weight excluding hydrogens is 213 g/mol. The van der Waals surface area contributed by atoms with Crippen LogP contribution in [-0.4, -0.2) is 6.54 Å². The van der Waals surface area contributed by atoms with E-state index in [1.165, 1.54) is 6.07 Å². The lowest BCUT2D eigenvalue weighted by Crippen LogP contribution is -2.05. The summed E-state index contributed by atoms with van der Waals surface area (Å²) in [6.07, 6.45) is 0. The highest BCUT2D eigenvalue weighted by Crippen LogP contribution is 2.63. The predicted molar refractivity (Wildman–Crippen MR) is 60.5 cm³/mol. The number of nitrogens with two attached hydrogens (primary N) is 1. The van der Waals surface area contributed by atoms with Crippen molar-refractivity contribution in [2.45, 2.75) is 19.8 Å². The third kappa shape index (κ3) is 1.66. The highest BCUT2D eigenvalue weighted by Gasteiger charge is 2.57. The molecule has 0 unspecified atom stereocenters. The van der Waals surface area contributed by atoms with Crippen molar-refractivity contribution < 1.29 is 4.39 Å². The maximum Gasteiger partial charge on any atom is 0.141 e. The second-order valence-corrected chi connectivity index (χ2v) is 5.22. The zero-order valence-corrected chi connectivity index (χ0v) is 9.68. The van der Waals surface area contributed by atoms with Gasteiger partial charge in [-0.15, -0.1) is 0 Å². The highest BCUT2D eigenvalue weighted by atomic mass is 35.5. The smallest absolute Gasteiger partial charge is 0.141 e. The Morgan fingerprint density at radius 1 is 1.47 bits per heavy atom. The summed E-state index contributed by atoms with van der Waals surface area (Å²) in [5.41, 5.74) is 7.02. The summed E-state index contributed by atoms with van der Waals surface area (Å²) in [5, 5.41) is 0.200. The van der Waals surface area contributed by atoms with Crippen LogP contribution in [0.5, 0.6) is 0 Å². The first-order chi connectivity index (χ1) is 6.98. The van der Waals surface area contributed by atoms with Crippen molar-refractivity contribution in [3.05, 3.63) is 34.6 Å². The minimum atomic E-state index is -0.358. The number of rotatable bonds is 2. The van der Waals surface area contributed by atoms with Gasteiger partial charge in [0.2, 0.25) is 0 Å². The number of halogens is 2. The maximum absolute atomic E-state index is 13.0. The van der Waals surface area contributed by atoms with Gasteiger partial charge in [0.25, 0.3) is 0 Å². The van der Waals surface area contributed by atoms with Crippen molar-refractivity contribution in [3.63, 3.8) is 0 Å². The molecule has 1 aliphatic rings. The molecule has 0 aromatic heterocycles. The van der Waals surface area contributed by atoms with E-state index in [0.717, 1.165) is 5.56 Å². The zero-order valence-electron chi connectivity index (χ0n) is 8.93. The minimum absolute atomic E-state index is 0.200. The first-order valence-electron chi connectivity index (χ1n) is 5.13. The summed E-state index contributed by atoms with van der Waals surface area (Å²) in [7, 11) is 0. The van der Waals surface area contributed by atoms with Crippen LogP contribution < -0.4 is 5.73 Å². The Balaban J connectivity index is 2.29. The van der Waals surface area contributed by atoms with Crippen molar-refractivity contribution in [1.82, 2.24) is 0 Å². The molecule has 0 heterocycles. The molecular formula is C12H15ClFN. The van der Waals surface area contributed by atoms with E-state index in [4.69, 9.17) is 17.3 Å². The third-order valence-electron chi connectivity index (χ3n) is 3.61. The maximum atomic E-state index is 13.0. The van der Waals surface area contributed by atoms with Crippen LogP contribution >= 0.6 is 11.6 Å². The van der Waals surface area contributed by atoms with E-state index in [-0.39, 0.29) is 16.3 Å². The van der Waals surface area contributed by atoms with Crippen LogP contribution in [0, 0.1) is 17.2 Å². The van der Waals surface area contributed by atoms with E-state index in [0.29, 0.717) is 18.4 Å². The van der Waals surface area contributed by atoms with Crippen LogP contribution in [0.3, 0.4) is 0 Å². The van der Waals surface area contributed by atoms with Gasteiger partial charge in [0.05, 0.1) is 5.02 Å². The normalized spacial score (nSPS) is 27.8. The number of hydrogen-bond donors (Lipinski definition) is 1. The van der Waals surface area contributed by atoms with Gasteiger partial charge in [-0.05, 0) is 41.5 Å². The first kappa shape index (κ1) is 10.9. The molecule has 3 heteroatoms. The van der Waals surface area contributed by atoms with E-state index < -0.39 is 0 Å². The van der Waals surface area contributed by atoms with Gasteiger partial charge in [0.1, 0.15) is 5.82 Å². The van der Waals surface area contributed by atoms with Crippen LogP contribution in [0.1, 0.15) is 25.3 Å². The minimum Gasteiger partial charge on any atom is -0.330 e. The van der Waals surface area contributed by atoms with Crippen molar-refractivity contribution in [1.29, 1.82) is 0 Å². The average Bonchev–Trinajstić information content (AvgIpc) is 2.73. The molecule has 15 heavy (non-hydrogen) atoms. The lowest BCUT2D eigenvalue weighted by atomic mass is 10.0. The molecule has 1 nitrogen and oxygen atoms in total. The van der Waals surface area contributed by atoms with Gasteiger partial charge in [0.15, 0.2) is 0 Å². The Labute approximate surface area is 94.4 Å². The monoisotopic (exact) mass is 227 g/mol. The molecule has 0 aliphatic heterocycles. The summed E-state index contributed by atoms with van der Waals surface area (Å²) in [6, 6.07) is 4.96. The summed E-state index contributed by atoms with van der Waals surface area (Å²) in [4.78, 5) is 0. The fraction of sp³-hybridized carbons (Fsp3) is 0.500. The van der Waals surface area contributed by atoms with Crippen molar-refractivity contribution in [3.8, 4) is 0 Å². The van der Waals surface area contributed by atoms with Crippen molar-refractivity contribution >= 4 is 11.6 Å². The van der Waals surface area contributed by atoms with Crippen molar-refractivity contribution in [2.75, 3.05) is 6.54 Å². The van der Waals surface area contributed by atoms with Crippen LogP contribution in [0.4, 0.5) is 4.39 Å². The molecule has 0 radical (unpaired) electrons. The third-order valence-corrected chi connectivity index (χ3v) is 3.90. The molecule has 1 aromatic carbocycles. The van der Waals surface area contributed by atoms with Crippen LogP contribution in [0.15, 0.2) is 18.2 Å². The van der Waals surface area contributed by atoms with E-state index in [1.54, 1.807) is 6.07 Å². The molecule has 0 saturated heterocycles. The van der Waals surface area contributed by atoms with Gasteiger partial charge in [0, 0.05) is 0 Å². The first-order valence-corrected chi connectivity index (χ1v) is 5.51. The van der Waals surface area contributed by atoms with Crippen LogP contribution in [0.25, 0.3) is 0 Å². The standard InChI is InChI=1S/C12H15ClFN/c1-12(2)8(6-15)11(12)7-3-4-10(14)9(13)5-7/h3-5,8,11H,6,15H2,1-2H3/t8-,11-/m0/s1. The molecule has 0 bridgehead atoms. The Kier molecular flexibility index (Phi) is 2.52. The second-order valence-electron chi connectivity index (χ2n) is 4.81. The Bertz CT molecular complexity index is 389. The van der Waals surface area contributed by atoms with Crippen LogP contribution in [-0.2, 0) is 0 Å². The summed E-state index contributed by atoms with van der Waals surface area (Å²) < 4.78 is 13.0. The summed E-state index contributed by atoms with van der Waals surface area (Å²) in [5.74, 6) is 0.544. The molecule has 1 aliphatic carbocycles. The van der Waals surface area contributed by atoms with Crippen LogP contribution in [0.2, 0.25) is 5.02 Å². The topological polar surface area (TPSA) is 26.0 Å². The highest BCUT2D eigenvalue weighted by molar-refractivity contribution is 6.30. The van der Waals surface area contributed by atoms with Gasteiger partial charge in [-0.3, -0.25) is 0 Å². The largest absolute Gasteiger partial charge is 0.330 e. The van der Waals surface area contributed by atoms with E-state index in [2.05, 4.69) is 13.8 Å². The quantitative estimate of drug-likeness (QED) is 0.825. The predicted octanol–water partition coefficient (Wildman–Crippen LogP) is 3.18. The summed E-state index contributed by atoms with van der Waals surface area (Å²) >= 11 is 5.76. The Hall–Kier alpha value is -0.600. The van der Waals surface area contributed by atoms with Gasteiger partial charge in [-0.1, -0.05) is 31.5 Å². The lowest BCUT2D eigenvalue weighted by molar-refractivity contribution is 0.558. The lowest BCUT2D eigenvalue weighted by Gasteiger charge is -2.04. The second kappa shape index (κ2) is 3.46. The number of benzene rings is 1. The van der Waals surface area contributed by atoms with E-state index in [9.17, 15) is 4.39 Å². The molecule has 1 saturated carbocycles. The molecule has 1 fully saturated rings. The SMILES string of the molecule is CC1(C)[C@@H](CN)[C@@H]1c1ccc(F)c(Cl)c1. The van der Waals surface area contributed by atoms with Crippen molar-refractivity contribution in [2.24, 2.45) is 17.1 Å². The summed E-state index contributed by atoms with van der Waals surface area (Å²) in [6.45, 7) is 5.05. The average molecular weight is 228 g/mol. The fourth-order valence-electron chi connectivity index (χ4n) is 2.55.